The average molecular weight is 164 g/mol. The maximum atomic E-state index is 5.60. The van der Waals surface area contributed by atoms with Crippen LogP contribution in [-0.4, -0.2) is 21.7 Å². The lowest BCUT2D eigenvalue weighted by Gasteiger charge is -2.00. The van der Waals surface area contributed by atoms with Gasteiger partial charge in [-0.2, -0.15) is 9.61 Å². The van der Waals surface area contributed by atoms with Crippen molar-refractivity contribution in [2.75, 3.05) is 12.8 Å². The predicted octanol–water partition coefficient (Wildman–Crippen LogP) is 0.320. The van der Waals surface area contributed by atoms with Gasteiger partial charge in [0.1, 0.15) is 0 Å². The zero-order valence-electron chi connectivity index (χ0n) is 6.56. The first kappa shape index (κ1) is 6.90. The highest BCUT2D eigenvalue weighted by Gasteiger charge is 2.04. The third-order valence-electron chi connectivity index (χ3n) is 1.60. The largest absolute Gasteiger partial charge is 0.481 e. The molecule has 0 aliphatic carbocycles. The molecule has 62 valence electrons. The summed E-state index contributed by atoms with van der Waals surface area (Å²) in [5.41, 5.74) is 6.77. The SMILES string of the molecule is COc1ccnc2c(N)cnn12. The van der Waals surface area contributed by atoms with Crippen molar-refractivity contribution in [2.45, 2.75) is 0 Å². The number of nitrogen functional groups attached to an aromatic ring is 1. The molecule has 0 radical (unpaired) electrons. The third-order valence-corrected chi connectivity index (χ3v) is 1.60. The van der Waals surface area contributed by atoms with Gasteiger partial charge in [0.2, 0.25) is 5.88 Å². The van der Waals surface area contributed by atoms with Gasteiger partial charge in [-0.05, 0) is 0 Å². The molecule has 0 saturated carbocycles. The van der Waals surface area contributed by atoms with E-state index in [1.54, 1.807) is 30.1 Å². The summed E-state index contributed by atoms with van der Waals surface area (Å²) < 4.78 is 6.60. The van der Waals surface area contributed by atoms with Crippen LogP contribution in [0.4, 0.5) is 5.69 Å². The van der Waals surface area contributed by atoms with Gasteiger partial charge in [0, 0.05) is 12.3 Å². The number of hydrogen-bond acceptors (Lipinski definition) is 4. The molecule has 5 nitrogen and oxygen atoms in total. The standard InChI is InChI=1S/C7H8N4O/c1-12-6-2-3-9-7-5(8)4-10-11(6)7/h2-4H,8H2,1H3. The highest BCUT2D eigenvalue weighted by atomic mass is 16.5. The third kappa shape index (κ3) is 0.795. The van der Waals surface area contributed by atoms with Crippen molar-refractivity contribution >= 4 is 11.3 Å². The number of hydrogen-bond donors (Lipinski definition) is 1. The molecule has 0 bridgehead atoms. The number of fused-ring (bicyclic) bond motifs is 1. The highest BCUT2D eigenvalue weighted by Crippen LogP contribution is 2.15. The average Bonchev–Trinajstić information content (AvgIpc) is 2.48. The van der Waals surface area contributed by atoms with Crippen molar-refractivity contribution in [2.24, 2.45) is 0 Å². The summed E-state index contributed by atoms with van der Waals surface area (Å²) >= 11 is 0. The molecule has 0 amide bonds. The van der Waals surface area contributed by atoms with E-state index in [1.165, 1.54) is 0 Å². The van der Waals surface area contributed by atoms with Gasteiger partial charge in [-0.3, -0.25) is 0 Å². The van der Waals surface area contributed by atoms with Crippen LogP contribution in [0.5, 0.6) is 5.88 Å². The van der Waals surface area contributed by atoms with E-state index < -0.39 is 0 Å². The summed E-state index contributed by atoms with van der Waals surface area (Å²) in [5.74, 6) is 0.622. The topological polar surface area (TPSA) is 65.4 Å². The van der Waals surface area contributed by atoms with Crippen molar-refractivity contribution in [1.29, 1.82) is 0 Å². The molecular formula is C7H8N4O. The van der Waals surface area contributed by atoms with Crippen molar-refractivity contribution in [3.8, 4) is 5.88 Å². The minimum absolute atomic E-state index is 0.550. The van der Waals surface area contributed by atoms with E-state index in [9.17, 15) is 0 Å². The first-order valence-corrected chi connectivity index (χ1v) is 3.45. The Hall–Kier alpha value is -1.78. The van der Waals surface area contributed by atoms with Gasteiger partial charge in [0.05, 0.1) is 19.0 Å². The molecule has 2 rings (SSSR count). The normalized spacial score (nSPS) is 10.4. The minimum Gasteiger partial charge on any atom is -0.481 e. The summed E-state index contributed by atoms with van der Waals surface area (Å²) in [6.45, 7) is 0. The van der Waals surface area contributed by atoms with Gasteiger partial charge in [-0.15, -0.1) is 0 Å². The van der Waals surface area contributed by atoms with Gasteiger partial charge in [0.25, 0.3) is 0 Å². The number of aromatic nitrogens is 3. The first-order valence-electron chi connectivity index (χ1n) is 3.45. The van der Waals surface area contributed by atoms with Crippen LogP contribution in [0.1, 0.15) is 0 Å². The summed E-state index contributed by atoms with van der Waals surface area (Å²) in [5, 5.41) is 3.99. The van der Waals surface area contributed by atoms with Crippen LogP contribution in [0.2, 0.25) is 0 Å². The molecular weight excluding hydrogens is 156 g/mol. The maximum Gasteiger partial charge on any atom is 0.217 e. The first-order chi connectivity index (χ1) is 5.83. The molecule has 0 saturated heterocycles. The second-order valence-corrected chi connectivity index (χ2v) is 2.32. The summed E-state index contributed by atoms with van der Waals surface area (Å²) in [7, 11) is 1.58. The second kappa shape index (κ2) is 2.37. The summed E-state index contributed by atoms with van der Waals surface area (Å²) in [6, 6.07) is 1.72. The lowest BCUT2D eigenvalue weighted by atomic mass is 10.5. The molecule has 0 aromatic carbocycles. The lowest BCUT2D eigenvalue weighted by Crippen LogP contribution is -1.96. The Morgan fingerprint density at radius 1 is 1.58 bits per heavy atom. The quantitative estimate of drug-likeness (QED) is 0.659. The fourth-order valence-electron chi connectivity index (χ4n) is 1.04. The highest BCUT2D eigenvalue weighted by molar-refractivity contribution is 5.63. The lowest BCUT2D eigenvalue weighted by molar-refractivity contribution is 0.385. The number of methoxy groups -OCH3 is 1. The molecule has 0 fully saturated rings. The Morgan fingerprint density at radius 2 is 2.42 bits per heavy atom. The van der Waals surface area contributed by atoms with Crippen molar-refractivity contribution in [3.63, 3.8) is 0 Å². The predicted molar refractivity (Wildman–Crippen MR) is 44.0 cm³/mol. The van der Waals surface area contributed by atoms with Crippen LogP contribution in [0.15, 0.2) is 18.5 Å². The zero-order chi connectivity index (χ0) is 8.55. The summed E-state index contributed by atoms with van der Waals surface area (Å²) in [4.78, 5) is 4.04. The molecule has 0 unspecified atom stereocenters. The molecule has 0 spiro atoms. The Labute approximate surface area is 68.8 Å². The van der Waals surface area contributed by atoms with Crippen LogP contribution in [0.3, 0.4) is 0 Å². The number of nitrogens with two attached hydrogens (primary N) is 1. The van der Waals surface area contributed by atoms with Crippen LogP contribution in [0, 0.1) is 0 Å². The van der Waals surface area contributed by atoms with E-state index in [4.69, 9.17) is 10.5 Å². The monoisotopic (exact) mass is 164 g/mol. The minimum atomic E-state index is 0.550. The van der Waals surface area contributed by atoms with Crippen LogP contribution < -0.4 is 10.5 Å². The van der Waals surface area contributed by atoms with Crippen LogP contribution in [-0.2, 0) is 0 Å². The fourth-order valence-corrected chi connectivity index (χ4v) is 1.04. The van der Waals surface area contributed by atoms with E-state index in [0.29, 0.717) is 17.2 Å². The fraction of sp³-hybridized carbons (Fsp3) is 0.143. The second-order valence-electron chi connectivity index (χ2n) is 2.32. The Balaban J connectivity index is 2.81. The molecule has 0 aliphatic heterocycles. The van der Waals surface area contributed by atoms with Gasteiger partial charge in [0.15, 0.2) is 5.65 Å². The smallest absolute Gasteiger partial charge is 0.217 e. The van der Waals surface area contributed by atoms with Gasteiger partial charge in [-0.25, -0.2) is 4.98 Å². The zero-order valence-corrected chi connectivity index (χ0v) is 6.56. The molecule has 2 heterocycles. The van der Waals surface area contributed by atoms with Gasteiger partial charge >= 0.3 is 0 Å². The van der Waals surface area contributed by atoms with Crippen molar-refractivity contribution in [3.05, 3.63) is 18.5 Å². The van der Waals surface area contributed by atoms with Crippen molar-refractivity contribution in [1.82, 2.24) is 14.6 Å². The molecule has 0 aliphatic rings. The number of ether oxygens (including phenoxy) is 1. The molecule has 2 N–H and O–H groups in total. The van der Waals surface area contributed by atoms with E-state index in [1.807, 2.05) is 0 Å². The molecule has 5 heteroatoms. The number of nitrogens with zero attached hydrogens (tertiary/aromatic N) is 3. The van der Waals surface area contributed by atoms with E-state index in [-0.39, 0.29) is 0 Å². The molecule has 2 aromatic rings. The van der Waals surface area contributed by atoms with Gasteiger partial charge < -0.3 is 10.5 Å². The Morgan fingerprint density at radius 3 is 3.17 bits per heavy atom. The molecule has 2 aromatic heterocycles. The molecule has 0 atom stereocenters. The van der Waals surface area contributed by atoms with Crippen molar-refractivity contribution < 1.29 is 4.74 Å². The van der Waals surface area contributed by atoms with Crippen LogP contribution in [0.25, 0.3) is 5.65 Å². The van der Waals surface area contributed by atoms with Crippen LogP contribution >= 0.6 is 0 Å². The molecule has 12 heavy (non-hydrogen) atoms. The van der Waals surface area contributed by atoms with Gasteiger partial charge in [-0.1, -0.05) is 0 Å². The van der Waals surface area contributed by atoms with E-state index in [0.717, 1.165) is 0 Å². The number of anilines is 1. The van der Waals surface area contributed by atoms with E-state index in [2.05, 4.69) is 10.1 Å². The Kier molecular flexibility index (Phi) is 1.36. The van der Waals surface area contributed by atoms with E-state index >= 15 is 0 Å². The summed E-state index contributed by atoms with van der Waals surface area (Å²) in [6.07, 6.45) is 3.18. The Bertz CT molecular complexity index is 409. The number of rotatable bonds is 1. The maximum absolute atomic E-state index is 5.60.